The number of benzene rings is 1. The highest BCUT2D eigenvalue weighted by Crippen LogP contribution is 2.39. The smallest absolute Gasteiger partial charge is 0.119 e. The zero-order valence-electron chi connectivity index (χ0n) is 10.9. The van der Waals surface area contributed by atoms with Crippen LogP contribution in [0.2, 0.25) is 0 Å². The van der Waals surface area contributed by atoms with Crippen LogP contribution in [0.1, 0.15) is 36.8 Å². The summed E-state index contributed by atoms with van der Waals surface area (Å²) in [5.41, 5.74) is 2.37. The topological polar surface area (TPSA) is 41.5 Å². The van der Waals surface area contributed by atoms with Crippen LogP contribution in [0, 0.1) is 0 Å². The normalized spacial score (nSPS) is 26.8. The second kappa shape index (κ2) is 4.56. The van der Waals surface area contributed by atoms with Gasteiger partial charge >= 0.3 is 0 Å². The van der Waals surface area contributed by atoms with Gasteiger partial charge in [-0.05, 0) is 55.4 Å². The van der Waals surface area contributed by atoms with Crippen LogP contribution >= 0.6 is 0 Å². The zero-order valence-corrected chi connectivity index (χ0v) is 10.9. The maximum atomic E-state index is 9.90. The van der Waals surface area contributed by atoms with Gasteiger partial charge in [0.05, 0.1) is 19.3 Å². The van der Waals surface area contributed by atoms with Gasteiger partial charge in [0.2, 0.25) is 0 Å². The molecule has 3 heteroatoms. The van der Waals surface area contributed by atoms with Crippen molar-refractivity contribution >= 4 is 0 Å². The Balaban J connectivity index is 1.98. The van der Waals surface area contributed by atoms with Crippen molar-refractivity contribution in [3.8, 4) is 5.75 Å². The van der Waals surface area contributed by atoms with Gasteiger partial charge in [0.15, 0.2) is 0 Å². The number of hydrogen-bond donors (Lipinski definition) is 2. The summed E-state index contributed by atoms with van der Waals surface area (Å²) in [6.45, 7) is 0.183. The van der Waals surface area contributed by atoms with Crippen LogP contribution in [0.25, 0.3) is 0 Å². The first kappa shape index (κ1) is 12.0. The van der Waals surface area contributed by atoms with E-state index in [4.69, 9.17) is 4.74 Å². The summed E-state index contributed by atoms with van der Waals surface area (Å²) in [4.78, 5) is 0. The molecular weight excluding hydrogens is 226 g/mol. The molecule has 98 valence electrons. The van der Waals surface area contributed by atoms with Gasteiger partial charge in [0.25, 0.3) is 0 Å². The Bertz CT molecular complexity index is 442. The maximum Gasteiger partial charge on any atom is 0.119 e. The number of aryl methyl sites for hydroxylation is 1. The van der Waals surface area contributed by atoms with Gasteiger partial charge in [-0.15, -0.1) is 0 Å². The van der Waals surface area contributed by atoms with Gasteiger partial charge in [-0.1, -0.05) is 6.07 Å². The van der Waals surface area contributed by atoms with Crippen molar-refractivity contribution in [2.24, 2.45) is 0 Å². The molecular formula is C15H21NO2. The van der Waals surface area contributed by atoms with Gasteiger partial charge in [-0.2, -0.15) is 0 Å². The van der Waals surface area contributed by atoms with Crippen LogP contribution in [0.4, 0.5) is 0 Å². The van der Waals surface area contributed by atoms with E-state index in [9.17, 15) is 5.11 Å². The van der Waals surface area contributed by atoms with Crippen LogP contribution in [0.15, 0.2) is 18.2 Å². The standard InChI is InChI=1S/C15H21NO2/c1-18-13-6-7-14-11(9-13)3-2-8-15(14,10-17)16-12-4-5-12/h6-7,9,12,16-17H,2-5,8,10H2,1H3. The van der Waals surface area contributed by atoms with Crippen LogP contribution in [0.5, 0.6) is 5.75 Å². The average Bonchev–Trinajstić information content (AvgIpc) is 3.22. The quantitative estimate of drug-likeness (QED) is 0.854. The summed E-state index contributed by atoms with van der Waals surface area (Å²) in [6.07, 6.45) is 5.72. The van der Waals surface area contributed by atoms with Crippen molar-refractivity contribution in [1.29, 1.82) is 0 Å². The molecule has 0 amide bonds. The Morgan fingerprint density at radius 2 is 2.28 bits per heavy atom. The minimum atomic E-state index is -0.221. The molecule has 1 unspecified atom stereocenters. The number of aliphatic hydroxyl groups is 1. The molecule has 2 aliphatic carbocycles. The molecule has 3 rings (SSSR count). The minimum Gasteiger partial charge on any atom is -0.497 e. The Kier molecular flexibility index (Phi) is 3.04. The number of nitrogens with one attached hydrogen (secondary N) is 1. The number of hydrogen-bond acceptors (Lipinski definition) is 3. The molecule has 0 radical (unpaired) electrons. The second-order valence-electron chi connectivity index (χ2n) is 5.54. The average molecular weight is 247 g/mol. The predicted molar refractivity (Wildman–Crippen MR) is 70.9 cm³/mol. The number of ether oxygens (including phenoxy) is 1. The van der Waals surface area contributed by atoms with Crippen LogP contribution in [-0.2, 0) is 12.0 Å². The molecule has 1 fully saturated rings. The molecule has 1 aromatic rings. The van der Waals surface area contributed by atoms with E-state index in [1.165, 1.54) is 24.0 Å². The van der Waals surface area contributed by atoms with Crippen LogP contribution < -0.4 is 10.1 Å². The Morgan fingerprint density at radius 1 is 1.44 bits per heavy atom. The highest BCUT2D eigenvalue weighted by Gasteiger charge is 2.40. The third kappa shape index (κ3) is 2.02. The highest BCUT2D eigenvalue weighted by molar-refractivity contribution is 5.42. The lowest BCUT2D eigenvalue weighted by Gasteiger charge is -2.39. The van der Waals surface area contributed by atoms with Gasteiger partial charge < -0.3 is 15.2 Å². The third-order valence-electron chi connectivity index (χ3n) is 4.21. The maximum absolute atomic E-state index is 9.90. The molecule has 18 heavy (non-hydrogen) atoms. The lowest BCUT2D eigenvalue weighted by molar-refractivity contribution is 0.139. The number of aliphatic hydroxyl groups excluding tert-OH is 1. The molecule has 1 saturated carbocycles. The van der Waals surface area contributed by atoms with Crippen molar-refractivity contribution in [3.05, 3.63) is 29.3 Å². The summed E-state index contributed by atoms with van der Waals surface area (Å²) >= 11 is 0. The molecule has 3 nitrogen and oxygen atoms in total. The van der Waals surface area contributed by atoms with Crippen molar-refractivity contribution in [2.75, 3.05) is 13.7 Å². The zero-order chi connectivity index (χ0) is 12.6. The Morgan fingerprint density at radius 3 is 2.94 bits per heavy atom. The Labute approximate surface area is 108 Å². The van der Waals surface area contributed by atoms with E-state index >= 15 is 0 Å². The van der Waals surface area contributed by atoms with Crippen LogP contribution in [0.3, 0.4) is 0 Å². The van der Waals surface area contributed by atoms with Gasteiger partial charge in [0, 0.05) is 6.04 Å². The lowest BCUT2D eigenvalue weighted by atomic mass is 9.76. The third-order valence-corrected chi connectivity index (χ3v) is 4.21. The first-order valence-electron chi connectivity index (χ1n) is 6.83. The molecule has 0 aliphatic heterocycles. The Hall–Kier alpha value is -1.06. The van der Waals surface area contributed by atoms with E-state index in [2.05, 4.69) is 17.4 Å². The molecule has 1 atom stereocenters. The summed E-state index contributed by atoms with van der Waals surface area (Å²) in [6, 6.07) is 6.85. The molecule has 1 aromatic carbocycles. The van der Waals surface area contributed by atoms with E-state index in [-0.39, 0.29) is 12.1 Å². The van der Waals surface area contributed by atoms with Crippen molar-refractivity contribution < 1.29 is 9.84 Å². The first-order chi connectivity index (χ1) is 8.77. The van der Waals surface area contributed by atoms with E-state index in [0.717, 1.165) is 25.0 Å². The van der Waals surface area contributed by atoms with Crippen molar-refractivity contribution in [2.45, 2.75) is 43.7 Å². The van der Waals surface area contributed by atoms with E-state index in [0.29, 0.717) is 6.04 Å². The fraction of sp³-hybridized carbons (Fsp3) is 0.600. The summed E-state index contributed by atoms with van der Waals surface area (Å²) in [7, 11) is 1.70. The molecule has 2 aliphatic rings. The van der Waals surface area contributed by atoms with Gasteiger partial charge in [-0.25, -0.2) is 0 Å². The first-order valence-corrected chi connectivity index (χ1v) is 6.83. The van der Waals surface area contributed by atoms with E-state index in [1.807, 2.05) is 6.07 Å². The predicted octanol–water partition coefficient (Wildman–Crippen LogP) is 1.97. The number of rotatable bonds is 4. The molecule has 0 saturated heterocycles. The summed E-state index contributed by atoms with van der Waals surface area (Å²) in [5.74, 6) is 0.911. The van der Waals surface area contributed by atoms with Crippen molar-refractivity contribution in [1.82, 2.24) is 5.32 Å². The number of methoxy groups -OCH3 is 1. The van der Waals surface area contributed by atoms with E-state index < -0.39 is 0 Å². The molecule has 2 N–H and O–H groups in total. The molecule has 0 aromatic heterocycles. The lowest BCUT2D eigenvalue weighted by Crippen LogP contribution is -2.49. The van der Waals surface area contributed by atoms with Crippen LogP contribution in [-0.4, -0.2) is 24.9 Å². The van der Waals surface area contributed by atoms with E-state index in [1.54, 1.807) is 7.11 Å². The fourth-order valence-electron chi connectivity index (χ4n) is 3.06. The monoisotopic (exact) mass is 247 g/mol. The van der Waals surface area contributed by atoms with Gasteiger partial charge in [0.1, 0.15) is 5.75 Å². The molecule has 0 bridgehead atoms. The number of fused-ring (bicyclic) bond motifs is 1. The summed E-state index contributed by atoms with van der Waals surface area (Å²) < 4.78 is 5.29. The molecule has 0 heterocycles. The fourth-order valence-corrected chi connectivity index (χ4v) is 3.06. The summed E-state index contributed by atoms with van der Waals surface area (Å²) in [5, 5.41) is 13.6. The molecule has 0 spiro atoms. The minimum absolute atomic E-state index is 0.183. The van der Waals surface area contributed by atoms with Gasteiger partial charge in [-0.3, -0.25) is 0 Å². The van der Waals surface area contributed by atoms with Crippen molar-refractivity contribution in [3.63, 3.8) is 0 Å². The highest BCUT2D eigenvalue weighted by atomic mass is 16.5. The SMILES string of the molecule is COc1ccc2c(c1)CCCC2(CO)NC1CC1. The second-order valence-corrected chi connectivity index (χ2v) is 5.54. The largest absolute Gasteiger partial charge is 0.497 e.